The van der Waals surface area contributed by atoms with E-state index in [4.69, 9.17) is 5.73 Å². The Labute approximate surface area is 125 Å². The lowest BCUT2D eigenvalue weighted by Crippen LogP contribution is -2.14. The van der Waals surface area contributed by atoms with Crippen molar-refractivity contribution in [1.29, 1.82) is 0 Å². The number of halogens is 2. The van der Waals surface area contributed by atoms with Crippen molar-refractivity contribution in [3.8, 4) is 0 Å². The number of hydrogen-bond acceptors (Lipinski definition) is 2. The first kappa shape index (κ1) is 15.5. The zero-order valence-corrected chi connectivity index (χ0v) is 14.0. The highest BCUT2D eigenvalue weighted by molar-refractivity contribution is 9.11. The summed E-state index contributed by atoms with van der Waals surface area (Å²) >= 11 is 6.90. The highest BCUT2D eigenvalue weighted by Gasteiger charge is 2.16. The van der Waals surface area contributed by atoms with Crippen LogP contribution in [-0.4, -0.2) is 5.91 Å². The fourth-order valence-electron chi connectivity index (χ4n) is 1.73. The molecule has 0 saturated carbocycles. The predicted molar refractivity (Wildman–Crippen MR) is 83.9 cm³/mol. The minimum Gasteiger partial charge on any atom is -0.397 e. The van der Waals surface area contributed by atoms with Crippen LogP contribution in [0, 0.1) is 13.8 Å². The summed E-state index contributed by atoms with van der Waals surface area (Å²) in [6.45, 7) is 5.95. The predicted octanol–water partition coefficient (Wildman–Crippen LogP) is 4.54. The molecule has 0 atom stereocenters. The van der Waals surface area contributed by atoms with Gasteiger partial charge in [-0.05, 0) is 63.3 Å². The minimum atomic E-state index is 0.0478. The number of nitrogen functional groups attached to an aromatic ring is 1. The summed E-state index contributed by atoms with van der Waals surface area (Å²) in [4.78, 5) is 11.8. The second kappa shape index (κ2) is 6.57. The summed E-state index contributed by atoms with van der Waals surface area (Å²) in [5.41, 5.74) is 9.37. The van der Waals surface area contributed by atoms with Crippen LogP contribution in [0.5, 0.6) is 0 Å². The molecule has 1 amide bonds. The maximum Gasteiger partial charge on any atom is 0.224 e. The van der Waals surface area contributed by atoms with Gasteiger partial charge in [0.25, 0.3) is 0 Å². The minimum absolute atomic E-state index is 0.0478. The van der Waals surface area contributed by atoms with Gasteiger partial charge in [0.2, 0.25) is 5.91 Å². The van der Waals surface area contributed by atoms with Gasteiger partial charge in [0.15, 0.2) is 0 Å². The lowest BCUT2D eigenvalue weighted by molar-refractivity contribution is -0.116. The number of carbonyl (C=O) groups excluding carboxylic acids is 1. The first-order chi connectivity index (χ1) is 8.40. The molecule has 0 bridgehead atoms. The highest BCUT2D eigenvalue weighted by Crippen LogP contribution is 2.39. The van der Waals surface area contributed by atoms with Gasteiger partial charge in [-0.2, -0.15) is 0 Å². The summed E-state index contributed by atoms with van der Waals surface area (Å²) in [5.74, 6) is 0.0478. The molecule has 1 rings (SSSR count). The van der Waals surface area contributed by atoms with Gasteiger partial charge in [-0.1, -0.05) is 13.3 Å². The van der Waals surface area contributed by atoms with Crippen LogP contribution in [0.4, 0.5) is 11.4 Å². The van der Waals surface area contributed by atoms with Gasteiger partial charge in [-0.3, -0.25) is 4.79 Å². The van der Waals surface area contributed by atoms with Crippen molar-refractivity contribution in [2.45, 2.75) is 40.0 Å². The quantitative estimate of drug-likeness (QED) is 0.756. The molecule has 0 radical (unpaired) electrons. The third-order valence-electron chi connectivity index (χ3n) is 2.90. The molecule has 0 aliphatic rings. The lowest BCUT2D eigenvalue weighted by Gasteiger charge is -2.17. The Morgan fingerprint density at radius 2 is 1.72 bits per heavy atom. The molecule has 0 aliphatic heterocycles. The Kier molecular flexibility index (Phi) is 5.66. The fourth-order valence-corrected chi connectivity index (χ4v) is 2.79. The number of carbonyl (C=O) groups is 1. The van der Waals surface area contributed by atoms with E-state index in [9.17, 15) is 4.79 Å². The molecule has 100 valence electrons. The summed E-state index contributed by atoms with van der Waals surface area (Å²) in [7, 11) is 0. The summed E-state index contributed by atoms with van der Waals surface area (Å²) in [6.07, 6.45) is 2.47. The normalized spacial score (nSPS) is 10.5. The van der Waals surface area contributed by atoms with Crippen LogP contribution in [0.15, 0.2) is 8.95 Å². The van der Waals surface area contributed by atoms with Crippen molar-refractivity contribution in [1.82, 2.24) is 0 Å². The zero-order valence-electron chi connectivity index (χ0n) is 10.9. The van der Waals surface area contributed by atoms with Crippen molar-refractivity contribution in [3.63, 3.8) is 0 Å². The van der Waals surface area contributed by atoms with Gasteiger partial charge in [0, 0.05) is 21.1 Å². The monoisotopic (exact) mass is 376 g/mol. The van der Waals surface area contributed by atoms with Crippen LogP contribution in [0.3, 0.4) is 0 Å². The second-order valence-corrected chi connectivity index (χ2v) is 5.90. The number of nitrogens with two attached hydrogens (primary N) is 1. The van der Waals surface area contributed by atoms with Crippen LogP contribution in [0.25, 0.3) is 0 Å². The molecule has 5 heteroatoms. The van der Waals surface area contributed by atoms with Gasteiger partial charge < -0.3 is 11.1 Å². The van der Waals surface area contributed by atoms with Gasteiger partial charge in [-0.15, -0.1) is 0 Å². The number of nitrogens with one attached hydrogen (secondary N) is 1. The van der Waals surface area contributed by atoms with Crippen molar-refractivity contribution in [2.24, 2.45) is 0 Å². The Morgan fingerprint density at radius 1 is 1.22 bits per heavy atom. The molecular weight excluding hydrogens is 360 g/mol. The van der Waals surface area contributed by atoms with Gasteiger partial charge in [0.1, 0.15) is 0 Å². The van der Waals surface area contributed by atoms with Gasteiger partial charge in [0.05, 0.1) is 5.69 Å². The number of rotatable bonds is 4. The van der Waals surface area contributed by atoms with E-state index in [0.29, 0.717) is 12.1 Å². The van der Waals surface area contributed by atoms with Crippen molar-refractivity contribution in [2.75, 3.05) is 11.1 Å². The standard InChI is InChI=1S/C13H18Br2N2O/c1-4-5-6-9(18)17-13-7(2)10(14)12(16)11(15)8(13)3/h4-6,16H2,1-3H3,(H,17,18). The first-order valence-electron chi connectivity index (χ1n) is 5.93. The average molecular weight is 378 g/mol. The molecule has 0 heterocycles. The van der Waals surface area contributed by atoms with Crippen molar-refractivity contribution >= 4 is 49.1 Å². The van der Waals surface area contributed by atoms with E-state index >= 15 is 0 Å². The molecule has 0 aliphatic carbocycles. The molecular formula is C13H18Br2N2O. The number of unbranched alkanes of at least 4 members (excludes halogenated alkanes) is 1. The molecule has 0 spiro atoms. The summed E-state index contributed by atoms with van der Waals surface area (Å²) in [6, 6.07) is 0. The van der Waals surface area contributed by atoms with E-state index in [2.05, 4.69) is 44.1 Å². The Balaban J connectivity index is 3.06. The molecule has 1 aromatic rings. The van der Waals surface area contributed by atoms with Crippen molar-refractivity contribution < 1.29 is 4.79 Å². The third-order valence-corrected chi connectivity index (χ3v) is 4.95. The highest BCUT2D eigenvalue weighted by atomic mass is 79.9. The molecule has 3 N–H and O–H groups in total. The summed E-state index contributed by atoms with van der Waals surface area (Å²) < 4.78 is 1.65. The van der Waals surface area contributed by atoms with E-state index < -0.39 is 0 Å². The zero-order chi connectivity index (χ0) is 13.9. The number of hydrogen-bond donors (Lipinski definition) is 2. The second-order valence-electron chi connectivity index (χ2n) is 4.32. The number of benzene rings is 1. The Hall–Kier alpha value is -0.550. The van der Waals surface area contributed by atoms with Crippen LogP contribution in [0.2, 0.25) is 0 Å². The van der Waals surface area contributed by atoms with Crippen LogP contribution >= 0.6 is 31.9 Å². The topological polar surface area (TPSA) is 55.1 Å². The SMILES string of the molecule is CCCCC(=O)Nc1c(C)c(Br)c(N)c(Br)c1C. The molecule has 0 aromatic heterocycles. The fraction of sp³-hybridized carbons (Fsp3) is 0.462. The molecule has 3 nitrogen and oxygen atoms in total. The van der Waals surface area contributed by atoms with E-state index in [1.807, 2.05) is 13.8 Å². The first-order valence-corrected chi connectivity index (χ1v) is 7.52. The van der Waals surface area contributed by atoms with E-state index in [-0.39, 0.29) is 5.91 Å². The van der Waals surface area contributed by atoms with Crippen LogP contribution < -0.4 is 11.1 Å². The van der Waals surface area contributed by atoms with Crippen LogP contribution in [0.1, 0.15) is 37.3 Å². The maximum absolute atomic E-state index is 11.8. The molecule has 1 aromatic carbocycles. The molecule has 0 fully saturated rings. The Bertz CT molecular complexity index is 444. The lowest BCUT2D eigenvalue weighted by atomic mass is 10.1. The van der Waals surface area contributed by atoms with Gasteiger partial charge in [-0.25, -0.2) is 0 Å². The largest absolute Gasteiger partial charge is 0.397 e. The smallest absolute Gasteiger partial charge is 0.224 e. The maximum atomic E-state index is 11.8. The molecule has 0 unspecified atom stereocenters. The third kappa shape index (κ3) is 3.26. The number of amides is 1. The van der Waals surface area contributed by atoms with Crippen LogP contribution in [-0.2, 0) is 4.79 Å². The average Bonchev–Trinajstić information content (AvgIpc) is 2.36. The van der Waals surface area contributed by atoms with E-state index in [1.165, 1.54) is 0 Å². The molecule has 0 saturated heterocycles. The van der Waals surface area contributed by atoms with Crippen molar-refractivity contribution in [3.05, 3.63) is 20.1 Å². The molecule has 18 heavy (non-hydrogen) atoms. The summed E-state index contributed by atoms with van der Waals surface area (Å²) in [5, 5.41) is 2.97. The van der Waals surface area contributed by atoms with E-state index in [0.717, 1.165) is 38.6 Å². The van der Waals surface area contributed by atoms with Gasteiger partial charge >= 0.3 is 0 Å². The Morgan fingerprint density at radius 3 is 2.17 bits per heavy atom. The van der Waals surface area contributed by atoms with E-state index in [1.54, 1.807) is 0 Å². The number of anilines is 2.